The zero-order valence-electron chi connectivity index (χ0n) is 15.1. The Hall–Kier alpha value is -2.67. The molecule has 1 aliphatic rings. The van der Waals surface area contributed by atoms with Crippen LogP contribution in [-0.2, 0) is 11.3 Å². The van der Waals surface area contributed by atoms with Gasteiger partial charge in [0.25, 0.3) is 5.78 Å². The second-order valence-corrected chi connectivity index (χ2v) is 6.56. The molecule has 3 aromatic rings. The maximum atomic E-state index is 5.49. The van der Waals surface area contributed by atoms with Crippen LogP contribution in [0.1, 0.15) is 35.7 Å². The molecule has 7 nitrogen and oxygen atoms in total. The second-order valence-electron chi connectivity index (χ2n) is 6.56. The van der Waals surface area contributed by atoms with Crippen LogP contribution in [0.25, 0.3) is 5.78 Å². The molecule has 1 N–H and O–H groups in total. The molecule has 0 saturated carbocycles. The fraction of sp³-hybridized carbons (Fsp3) is 0.421. The predicted molar refractivity (Wildman–Crippen MR) is 98.6 cm³/mol. The molecule has 0 unspecified atom stereocenters. The largest absolute Gasteiger partial charge is 0.497 e. The van der Waals surface area contributed by atoms with Gasteiger partial charge in [0.15, 0.2) is 0 Å². The summed E-state index contributed by atoms with van der Waals surface area (Å²) < 4.78 is 12.6. The predicted octanol–water partition coefficient (Wildman–Crippen LogP) is 2.95. The van der Waals surface area contributed by atoms with Gasteiger partial charge in [0.1, 0.15) is 5.75 Å². The lowest BCUT2D eigenvalue weighted by Gasteiger charge is -2.22. The van der Waals surface area contributed by atoms with Gasteiger partial charge in [0, 0.05) is 31.4 Å². The van der Waals surface area contributed by atoms with Crippen molar-refractivity contribution < 1.29 is 9.47 Å². The normalized spacial score (nSPS) is 15.3. The van der Waals surface area contributed by atoms with Gasteiger partial charge in [0.05, 0.1) is 12.8 Å². The summed E-state index contributed by atoms with van der Waals surface area (Å²) in [5.74, 6) is 2.49. The molecule has 0 amide bonds. The Morgan fingerprint density at radius 3 is 2.88 bits per heavy atom. The highest BCUT2D eigenvalue weighted by Crippen LogP contribution is 2.27. The average molecular weight is 353 g/mol. The Labute approximate surface area is 152 Å². The van der Waals surface area contributed by atoms with Crippen molar-refractivity contribution in [3.63, 3.8) is 0 Å². The summed E-state index contributed by atoms with van der Waals surface area (Å²) in [6.07, 6.45) is 2.01. The smallest absolute Gasteiger partial charge is 0.254 e. The Kier molecular flexibility index (Phi) is 4.71. The van der Waals surface area contributed by atoms with Crippen molar-refractivity contribution >= 4 is 11.7 Å². The monoisotopic (exact) mass is 353 g/mol. The Morgan fingerprint density at radius 1 is 1.23 bits per heavy atom. The number of fused-ring (bicyclic) bond motifs is 1. The number of hydrogen-bond acceptors (Lipinski definition) is 6. The highest BCUT2D eigenvalue weighted by Gasteiger charge is 2.21. The zero-order chi connectivity index (χ0) is 17.9. The van der Waals surface area contributed by atoms with Gasteiger partial charge in [-0.15, -0.1) is 5.10 Å². The highest BCUT2D eigenvalue weighted by molar-refractivity contribution is 5.41. The van der Waals surface area contributed by atoms with E-state index < -0.39 is 0 Å². The molecule has 26 heavy (non-hydrogen) atoms. The molecule has 1 fully saturated rings. The second kappa shape index (κ2) is 7.29. The number of methoxy groups -OCH3 is 1. The van der Waals surface area contributed by atoms with Crippen LogP contribution in [0.5, 0.6) is 5.75 Å². The maximum Gasteiger partial charge on any atom is 0.254 e. The molecule has 3 heterocycles. The minimum atomic E-state index is 0.431. The molecule has 1 saturated heterocycles. The van der Waals surface area contributed by atoms with Gasteiger partial charge >= 0.3 is 0 Å². The van der Waals surface area contributed by atoms with Gasteiger partial charge in [-0.2, -0.15) is 9.50 Å². The summed E-state index contributed by atoms with van der Waals surface area (Å²) in [5, 5.41) is 7.93. The van der Waals surface area contributed by atoms with Gasteiger partial charge < -0.3 is 14.8 Å². The molecule has 0 spiro atoms. The van der Waals surface area contributed by atoms with Gasteiger partial charge in [-0.3, -0.25) is 0 Å². The van der Waals surface area contributed by atoms with Crippen LogP contribution in [-0.4, -0.2) is 39.9 Å². The molecule has 0 atom stereocenters. The van der Waals surface area contributed by atoms with Crippen molar-refractivity contribution in [1.29, 1.82) is 0 Å². The number of hydrogen-bond donors (Lipinski definition) is 1. The van der Waals surface area contributed by atoms with E-state index in [-0.39, 0.29) is 0 Å². The summed E-state index contributed by atoms with van der Waals surface area (Å²) in [5.41, 5.74) is 3.24. The zero-order valence-corrected chi connectivity index (χ0v) is 15.1. The molecular formula is C19H23N5O2. The number of nitrogens with zero attached hydrogens (tertiary/aromatic N) is 4. The number of rotatable bonds is 5. The lowest BCUT2D eigenvalue weighted by molar-refractivity contribution is 0.0840. The van der Waals surface area contributed by atoms with E-state index in [1.807, 2.05) is 35.7 Å². The molecule has 0 aliphatic carbocycles. The summed E-state index contributed by atoms with van der Waals surface area (Å²) in [6, 6.07) is 10.1. The molecule has 0 bridgehead atoms. The summed E-state index contributed by atoms with van der Waals surface area (Å²) >= 11 is 0. The summed E-state index contributed by atoms with van der Waals surface area (Å²) in [4.78, 5) is 9.09. The van der Waals surface area contributed by atoms with Gasteiger partial charge in [-0.1, -0.05) is 12.1 Å². The molecular weight excluding hydrogens is 330 g/mol. The van der Waals surface area contributed by atoms with Crippen LogP contribution in [0.2, 0.25) is 0 Å². The first-order valence-corrected chi connectivity index (χ1v) is 8.92. The SMILES string of the molecule is COc1cccc(CNc2nc3nc(C)cc(C4CCOCC4)n3n2)c1. The van der Waals surface area contributed by atoms with Crippen LogP contribution in [0.15, 0.2) is 30.3 Å². The maximum absolute atomic E-state index is 5.49. The molecule has 1 aromatic carbocycles. The van der Waals surface area contributed by atoms with Crippen molar-refractivity contribution in [2.75, 3.05) is 25.6 Å². The molecule has 1 aliphatic heterocycles. The summed E-state index contributed by atoms with van der Waals surface area (Å²) in [6.45, 7) is 4.22. The van der Waals surface area contributed by atoms with Crippen molar-refractivity contribution in [2.24, 2.45) is 0 Å². The third-order valence-electron chi connectivity index (χ3n) is 4.69. The minimum absolute atomic E-state index is 0.431. The van der Waals surface area contributed by atoms with Crippen LogP contribution in [0, 0.1) is 6.92 Å². The third-order valence-corrected chi connectivity index (χ3v) is 4.69. The van der Waals surface area contributed by atoms with Crippen LogP contribution in [0.4, 0.5) is 5.95 Å². The van der Waals surface area contributed by atoms with Crippen molar-refractivity contribution in [1.82, 2.24) is 19.6 Å². The quantitative estimate of drug-likeness (QED) is 0.760. The van der Waals surface area contributed by atoms with E-state index in [1.165, 1.54) is 0 Å². The van der Waals surface area contributed by atoms with E-state index in [0.29, 0.717) is 24.2 Å². The molecule has 0 radical (unpaired) electrons. The number of aryl methyl sites for hydroxylation is 1. The van der Waals surface area contributed by atoms with Crippen LogP contribution in [0.3, 0.4) is 0 Å². The minimum Gasteiger partial charge on any atom is -0.497 e. The molecule has 4 rings (SSSR count). The lowest BCUT2D eigenvalue weighted by atomic mass is 9.96. The van der Waals surface area contributed by atoms with E-state index in [1.54, 1.807) is 7.11 Å². The van der Waals surface area contributed by atoms with E-state index >= 15 is 0 Å². The summed E-state index contributed by atoms with van der Waals surface area (Å²) in [7, 11) is 1.67. The Morgan fingerprint density at radius 2 is 2.08 bits per heavy atom. The fourth-order valence-electron chi connectivity index (χ4n) is 3.34. The Bertz CT molecular complexity index is 902. The van der Waals surface area contributed by atoms with Crippen molar-refractivity contribution in [2.45, 2.75) is 32.2 Å². The van der Waals surface area contributed by atoms with E-state index in [0.717, 1.165) is 48.8 Å². The fourth-order valence-corrected chi connectivity index (χ4v) is 3.34. The van der Waals surface area contributed by atoms with Gasteiger partial charge in [-0.05, 0) is 43.5 Å². The van der Waals surface area contributed by atoms with Crippen LogP contribution < -0.4 is 10.1 Å². The average Bonchev–Trinajstić information content (AvgIpc) is 3.09. The topological polar surface area (TPSA) is 73.6 Å². The van der Waals surface area contributed by atoms with Gasteiger partial charge in [-0.25, -0.2) is 4.98 Å². The number of nitrogens with one attached hydrogen (secondary N) is 1. The van der Waals surface area contributed by atoms with Crippen molar-refractivity contribution in [3.05, 3.63) is 47.3 Å². The molecule has 2 aromatic heterocycles. The van der Waals surface area contributed by atoms with Gasteiger partial charge in [0.2, 0.25) is 5.95 Å². The molecule has 7 heteroatoms. The molecule has 136 valence electrons. The number of benzene rings is 1. The van der Waals surface area contributed by atoms with E-state index in [2.05, 4.69) is 26.4 Å². The van der Waals surface area contributed by atoms with E-state index in [9.17, 15) is 0 Å². The van der Waals surface area contributed by atoms with Crippen LogP contribution >= 0.6 is 0 Å². The third kappa shape index (κ3) is 3.48. The van der Waals surface area contributed by atoms with Crippen molar-refractivity contribution in [3.8, 4) is 5.75 Å². The highest BCUT2D eigenvalue weighted by atomic mass is 16.5. The standard InChI is InChI=1S/C19H23N5O2/c1-13-10-17(15-6-8-26-9-7-15)24-19(21-13)22-18(23-24)20-12-14-4-3-5-16(11-14)25-2/h3-5,10-11,15H,6-9,12H2,1-2H3,(H,20,23). The lowest BCUT2D eigenvalue weighted by Crippen LogP contribution is -2.17. The Balaban J connectivity index is 1.58. The number of ether oxygens (including phenoxy) is 2. The number of aromatic nitrogens is 4. The van der Waals surface area contributed by atoms with E-state index in [4.69, 9.17) is 9.47 Å². The first-order valence-electron chi connectivity index (χ1n) is 8.92. The first kappa shape index (κ1) is 16.8. The first-order chi connectivity index (χ1) is 12.7. The number of anilines is 1.